The number of ether oxygens (including phenoxy) is 1. The minimum absolute atomic E-state index is 0.137. The summed E-state index contributed by atoms with van der Waals surface area (Å²) in [5.74, 6) is 0.263. The number of carbonyl (C=O) groups excluding carboxylic acids is 1. The number of hydrogen-bond donors (Lipinski definition) is 0. The van der Waals surface area contributed by atoms with Gasteiger partial charge in [-0.15, -0.1) is 0 Å². The van der Waals surface area contributed by atoms with Gasteiger partial charge in [-0.1, -0.05) is 0 Å². The molecule has 0 amide bonds. The Labute approximate surface area is 105 Å². The van der Waals surface area contributed by atoms with Crippen LogP contribution in [-0.2, 0) is 11.3 Å². The quantitative estimate of drug-likeness (QED) is 0.770. The zero-order valence-electron chi connectivity index (χ0n) is 10.3. The highest BCUT2D eigenvalue weighted by atomic mass is 16.5. The van der Waals surface area contributed by atoms with E-state index in [2.05, 4.69) is 15.0 Å². The van der Waals surface area contributed by atoms with E-state index in [4.69, 9.17) is 4.74 Å². The van der Waals surface area contributed by atoms with Crippen LogP contribution in [0.2, 0.25) is 0 Å². The average molecular weight is 243 g/mol. The normalized spacial score (nSPS) is 10.1. The molecule has 0 atom stereocenters. The summed E-state index contributed by atoms with van der Waals surface area (Å²) in [5, 5.41) is 0. The van der Waals surface area contributed by atoms with E-state index < -0.39 is 5.97 Å². The molecule has 5 heteroatoms. The van der Waals surface area contributed by atoms with E-state index >= 15 is 0 Å². The van der Waals surface area contributed by atoms with Crippen molar-refractivity contribution in [3.63, 3.8) is 0 Å². The van der Waals surface area contributed by atoms with E-state index in [0.29, 0.717) is 17.1 Å². The molecule has 18 heavy (non-hydrogen) atoms. The molecule has 0 radical (unpaired) electrons. The van der Waals surface area contributed by atoms with E-state index in [1.54, 1.807) is 31.3 Å². The van der Waals surface area contributed by atoms with Gasteiger partial charge in [-0.2, -0.15) is 0 Å². The Bertz CT molecular complexity index is 535. The molecule has 2 aromatic rings. The first-order chi connectivity index (χ1) is 8.65. The van der Waals surface area contributed by atoms with Gasteiger partial charge < -0.3 is 4.74 Å². The lowest BCUT2D eigenvalue weighted by Gasteiger charge is -2.05. The van der Waals surface area contributed by atoms with E-state index in [1.807, 2.05) is 6.92 Å². The molecule has 5 nitrogen and oxygen atoms in total. The topological polar surface area (TPSA) is 65.0 Å². The van der Waals surface area contributed by atoms with Crippen molar-refractivity contribution in [3.05, 3.63) is 53.4 Å². The van der Waals surface area contributed by atoms with Gasteiger partial charge in [0.2, 0.25) is 0 Å². The van der Waals surface area contributed by atoms with Crippen molar-refractivity contribution in [2.45, 2.75) is 20.5 Å². The highest BCUT2D eigenvalue weighted by molar-refractivity contribution is 5.88. The monoisotopic (exact) mass is 243 g/mol. The maximum Gasteiger partial charge on any atom is 0.340 e. The maximum atomic E-state index is 11.7. The molecular formula is C13H13N3O2. The summed E-state index contributed by atoms with van der Waals surface area (Å²) in [6, 6.07) is 5.14. The Balaban J connectivity index is 2.02. The van der Waals surface area contributed by atoms with Gasteiger partial charge >= 0.3 is 5.97 Å². The molecule has 0 fully saturated rings. The summed E-state index contributed by atoms with van der Waals surface area (Å²) in [7, 11) is 0. The summed E-state index contributed by atoms with van der Waals surface area (Å²) in [6.45, 7) is 3.82. The SMILES string of the molecule is Cc1cc(COC(=O)c2cccnc2)nc(C)n1. The van der Waals surface area contributed by atoms with E-state index in [-0.39, 0.29) is 6.61 Å². The summed E-state index contributed by atoms with van der Waals surface area (Å²) in [4.78, 5) is 23.9. The van der Waals surface area contributed by atoms with E-state index in [1.165, 1.54) is 6.20 Å². The van der Waals surface area contributed by atoms with Crippen molar-refractivity contribution < 1.29 is 9.53 Å². The van der Waals surface area contributed by atoms with Crippen molar-refractivity contribution in [1.82, 2.24) is 15.0 Å². The number of nitrogens with zero attached hydrogens (tertiary/aromatic N) is 3. The third kappa shape index (κ3) is 3.10. The number of esters is 1. The fourth-order valence-corrected chi connectivity index (χ4v) is 1.57. The first-order valence-corrected chi connectivity index (χ1v) is 5.53. The third-order valence-corrected chi connectivity index (χ3v) is 2.27. The predicted octanol–water partition coefficient (Wildman–Crippen LogP) is 1.85. The molecule has 2 heterocycles. The number of rotatable bonds is 3. The second-order valence-electron chi connectivity index (χ2n) is 3.87. The smallest absolute Gasteiger partial charge is 0.340 e. The Kier molecular flexibility index (Phi) is 3.62. The van der Waals surface area contributed by atoms with Gasteiger partial charge in [-0.05, 0) is 32.0 Å². The predicted molar refractivity (Wildman–Crippen MR) is 64.9 cm³/mol. The van der Waals surface area contributed by atoms with Crippen molar-refractivity contribution in [1.29, 1.82) is 0 Å². The molecule has 0 saturated carbocycles. The molecule has 0 aliphatic heterocycles. The zero-order chi connectivity index (χ0) is 13.0. The van der Waals surface area contributed by atoms with Gasteiger partial charge in [0.05, 0.1) is 11.3 Å². The van der Waals surface area contributed by atoms with Crippen LogP contribution >= 0.6 is 0 Å². The summed E-state index contributed by atoms with van der Waals surface area (Å²) in [6.07, 6.45) is 3.08. The van der Waals surface area contributed by atoms with Crippen LogP contribution in [0.15, 0.2) is 30.6 Å². The summed E-state index contributed by atoms with van der Waals surface area (Å²) < 4.78 is 5.15. The van der Waals surface area contributed by atoms with Crippen molar-refractivity contribution in [2.75, 3.05) is 0 Å². The average Bonchev–Trinajstić information content (AvgIpc) is 2.36. The van der Waals surface area contributed by atoms with Crippen LogP contribution in [0.4, 0.5) is 0 Å². The van der Waals surface area contributed by atoms with Gasteiger partial charge in [-0.25, -0.2) is 14.8 Å². The van der Waals surface area contributed by atoms with Gasteiger partial charge in [0.25, 0.3) is 0 Å². The molecule has 0 unspecified atom stereocenters. The summed E-state index contributed by atoms with van der Waals surface area (Å²) in [5.41, 5.74) is 1.98. The summed E-state index contributed by atoms with van der Waals surface area (Å²) >= 11 is 0. The second-order valence-corrected chi connectivity index (χ2v) is 3.87. The van der Waals surface area contributed by atoms with Crippen LogP contribution in [0.3, 0.4) is 0 Å². The highest BCUT2D eigenvalue weighted by Crippen LogP contribution is 2.05. The Hall–Kier alpha value is -2.30. The fourth-order valence-electron chi connectivity index (χ4n) is 1.57. The second kappa shape index (κ2) is 5.35. The van der Waals surface area contributed by atoms with Crippen LogP contribution in [0.25, 0.3) is 0 Å². The van der Waals surface area contributed by atoms with Crippen LogP contribution in [-0.4, -0.2) is 20.9 Å². The van der Waals surface area contributed by atoms with E-state index in [9.17, 15) is 4.79 Å². The lowest BCUT2D eigenvalue weighted by atomic mass is 10.3. The third-order valence-electron chi connectivity index (χ3n) is 2.27. The first-order valence-electron chi connectivity index (χ1n) is 5.53. The van der Waals surface area contributed by atoms with Gasteiger partial charge in [0, 0.05) is 18.1 Å². The number of carbonyl (C=O) groups is 1. The molecule has 0 aliphatic rings. The van der Waals surface area contributed by atoms with Crippen molar-refractivity contribution >= 4 is 5.97 Å². The lowest BCUT2D eigenvalue weighted by molar-refractivity contribution is 0.0466. The molecule has 0 saturated heterocycles. The van der Waals surface area contributed by atoms with Crippen LogP contribution < -0.4 is 0 Å². The van der Waals surface area contributed by atoms with E-state index in [0.717, 1.165) is 5.69 Å². The zero-order valence-corrected chi connectivity index (χ0v) is 10.3. The van der Waals surface area contributed by atoms with Crippen molar-refractivity contribution in [2.24, 2.45) is 0 Å². The molecule has 0 spiro atoms. The number of hydrogen-bond acceptors (Lipinski definition) is 5. The van der Waals surface area contributed by atoms with Crippen LogP contribution in [0.5, 0.6) is 0 Å². The standard InChI is InChI=1S/C13H13N3O2/c1-9-6-12(16-10(2)15-9)8-18-13(17)11-4-3-5-14-7-11/h3-7H,8H2,1-2H3. The Morgan fingerprint density at radius 2 is 2.17 bits per heavy atom. The van der Waals surface area contributed by atoms with Gasteiger partial charge in [0.1, 0.15) is 12.4 Å². The molecule has 0 N–H and O–H groups in total. The van der Waals surface area contributed by atoms with Crippen molar-refractivity contribution in [3.8, 4) is 0 Å². The molecule has 2 rings (SSSR count). The van der Waals surface area contributed by atoms with Crippen LogP contribution in [0.1, 0.15) is 27.6 Å². The molecule has 0 aromatic carbocycles. The molecule has 92 valence electrons. The number of aryl methyl sites for hydroxylation is 2. The maximum absolute atomic E-state index is 11.7. The number of aromatic nitrogens is 3. The minimum atomic E-state index is -0.406. The molecule has 0 bridgehead atoms. The van der Waals surface area contributed by atoms with Gasteiger partial charge in [0.15, 0.2) is 0 Å². The van der Waals surface area contributed by atoms with Gasteiger partial charge in [-0.3, -0.25) is 4.98 Å². The molecular weight excluding hydrogens is 230 g/mol. The lowest BCUT2D eigenvalue weighted by Crippen LogP contribution is -2.07. The Morgan fingerprint density at radius 1 is 1.33 bits per heavy atom. The first kappa shape index (κ1) is 12.2. The Morgan fingerprint density at radius 3 is 2.83 bits per heavy atom. The van der Waals surface area contributed by atoms with Crippen LogP contribution in [0, 0.1) is 13.8 Å². The highest BCUT2D eigenvalue weighted by Gasteiger charge is 2.08. The molecule has 0 aliphatic carbocycles. The molecule has 2 aromatic heterocycles. The largest absolute Gasteiger partial charge is 0.456 e. The minimum Gasteiger partial charge on any atom is -0.456 e. The number of pyridine rings is 1. The fraction of sp³-hybridized carbons (Fsp3) is 0.231.